The first kappa shape index (κ1) is 18.2. The summed E-state index contributed by atoms with van der Waals surface area (Å²) in [7, 11) is 0. The molecule has 0 saturated heterocycles. The Morgan fingerprint density at radius 1 is 0.481 bits per heavy atom. The fourth-order valence-electron chi connectivity index (χ4n) is 3.80. The van der Waals surface area contributed by atoms with Crippen LogP contribution in [0.4, 0.5) is 5.69 Å². The van der Waals surface area contributed by atoms with Crippen LogP contribution in [0.25, 0.3) is 0 Å². The molecule has 0 saturated carbocycles. The van der Waals surface area contributed by atoms with E-state index >= 15 is 0 Å². The zero-order chi connectivity index (χ0) is 18.8. The molecular formula is C24H21INP. The van der Waals surface area contributed by atoms with Gasteiger partial charge in [-0.25, -0.2) is 0 Å². The fourth-order valence-corrected chi connectivity index (χ4v) is 12.3. The van der Waals surface area contributed by atoms with Gasteiger partial charge in [-0.2, -0.15) is 0 Å². The monoisotopic (exact) mass is 481 g/mol. The van der Waals surface area contributed by atoms with Crippen LogP contribution in [0.3, 0.4) is 0 Å². The number of nitrogens with two attached hydrogens (primary N) is 1. The molecule has 2 N–H and O–H groups in total. The summed E-state index contributed by atoms with van der Waals surface area (Å²) in [6.45, 7) is 0. The van der Waals surface area contributed by atoms with Crippen LogP contribution in [0.2, 0.25) is 0 Å². The second-order valence-electron chi connectivity index (χ2n) is 6.61. The second kappa shape index (κ2) is 7.10. The van der Waals surface area contributed by atoms with Crippen molar-refractivity contribution in [2.75, 3.05) is 5.73 Å². The topological polar surface area (TPSA) is 26.0 Å². The number of nitrogen functional groups attached to an aromatic ring is 1. The number of halogens is 1. The van der Waals surface area contributed by atoms with Crippen LogP contribution in [0, 0.1) is 0 Å². The molecule has 4 rings (SSSR count). The molecule has 0 unspecified atom stereocenters. The van der Waals surface area contributed by atoms with Crippen LogP contribution in [0.15, 0.2) is 115 Å². The van der Waals surface area contributed by atoms with E-state index in [0.29, 0.717) is 0 Å². The first-order valence-corrected chi connectivity index (χ1v) is 13.9. The standard InChI is InChI=1S/C24H21INP/c25-27(21-12-4-1-5-13-21,22-14-6-2-7-15-22,23-16-8-3-9-17-23)24-18-10-11-20(26)19-24/h1-19H,26H2. The molecule has 0 fully saturated rings. The minimum atomic E-state index is -2.96. The van der Waals surface area contributed by atoms with Gasteiger partial charge in [0, 0.05) is 0 Å². The van der Waals surface area contributed by atoms with Crippen LogP contribution in [0.5, 0.6) is 0 Å². The third-order valence-corrected chi connectivity index (χ3v) is 16.8. The Morgan fingerprint density at radius 3 is 1.22 bits per heavy atom. The number of anilines is 1. The van der Waals surface area contributed by atoms with Gasteiger partial charge >= 0.3 is 174 Å². The number of hydrogen-bond donors (Lipinski definition) is 1. The molecule has 4 aromatic carbocycles. The van der Waals surface area contributed by atoms with Gasteiger partial charge in [0.05, 0.1) is 0 Å². The minimum absolute atomic E-state index is 0.793. The quantitative estimate of drug-likeness (QED) is 0.254. The van der Waals surface area contributed by atoms with Crippen molar-refractivity contribution < 1.29 is 0 Å². The third kappa shape index (κ3) is 2.79. The van der Waals surface area contributed by atoms with Crippen LogP contribution < -0.4 is 27.0 Å². The van der Waals surface area contributed by atoms with Gasteiger partial charge in [0.1, 0.15) is 0 Å². The molecule has 0 aromatic heterocycles. The molecule has 3 heteroatoms. The van der Waals surface area contributed by atoms with Crippen molar-refractivity contribution in [3.05, 3.63) is 115 Å². The molecule has 1 nitrogen and oxygen atoms in total. The molecule has 0 heterocycles. The summed E-state index contributed by atoms with van der Waals surface area (Å²) in [5.41, 5.74) is 7.06. The number of hydrogen-bond acceptors (Lipinski definition) is 1. The number of benzene rings is 4. The summed E-state index contributed by atoms with van der Waals surface area (Å²) in [5.74, 6) is 0. The Labute approximate surface area is 173 Å². The summed E-state index contributed by atoms with van der Waals surface area (Å²) in [5, 5.41) is 5.25. The molecule has 0 aliphatic carbocycles. The van der Waals surface area contributed by atoms with Crippen molar-refractivity contribution in [1.82, 2.24) is 0 Å². The Kier molecular flexibility index (Phi) is 4.79. The molecule has 0 atom stereocenters. The summed E-state index contributed by atoms with van der Waals surface area (Å²) in [6, 6.07) is 41.0. The summed E-state index contributed by atoms with van der Waals surface area (Å²) in [6.07, 6.45) is 0. The van der Waals surface area contributed by atoms with Crippen molar-refractivity contribution in [3.63, 3.8) is 0 Å². The molecule has 0 aliphatic rings. The van der Waals surface area contributed by atoms with E-state index in [1.807, 2.05) is 6.07 Å². The Balaban J connectivity index is 2.24. The molecule has 0 amide bonds. The van der Waals surface area contributed by atoms with Crippen LogP contribution in [-0.2, 0) is 0 Å². The molecule has 4 aromatic rings. The van der Waals surface area contributed by atoms with Crippen molar-refractivity contribution in [2.45, 2.75) is 0 Å². The summed E-state index contributed by atoms with van der Waals surface area (Å²) >= 11 is 2.76. The first-order chi connectivity index (χ1) is 13.1. The SMILES string of the molecule is Nc1cccc(P(I)(c2ccccc2)(c2ccccc2)c2ccccc2)c1. The van der Waals surface area contributed by atoms with E-state index < -0.39 is 4.25 Å². The van der Waals surface area contributed by atoms with Crippen molar-refractivity contribution in [3.8, 4) is 0 Å². The van der Waals surface area contributed by atoms with Crippen LogP contribution in [0.1, 0.15) is 0 Å². The van der Waals surface area contributed by atoms with Crippen LogP contribution in [-0.4, -0.2) is 0 Å². The van der Waals surface area contributed by atoms with Crippen molar-refractivity contribution >= 4 is 53.2 Å². The molecule has 134 valence electrons. The van der Waals surface area contributed by atoms with E-state index in [4.69, 9.17) is 5.73 Å². The van der Waals surface area contributed by atoms with Gasteiger partial charge in [0.25, 0.3) is 0 Å². The molecule has 27 heavy (non-hydrogen) atoms. The van der Waals surface area contributed by atoms with Gasteiger partial charge in [-0.15, -0.1) is 0 Å². The van der Waals surface area contributed by atoms with Gasteiger partial charge < -0.3 is 0 Å². The van der Waals surface area contributed by atoms with E-state index in [2.05, 4.69) is 131 Å². The van der Waals surface area contributed by atoms with E-state index in [1.54, 1.807) is 0 Å². The maximum atomic E-state index is 6.27. The van der Waals surface area contributed by atoms with E-state index in [-0.39, 0.29) is 0 Å². The van der Waals surface area contributed by atoms with Gasteiger partial charge in [-0.3, -0.25) is 0 Å². The molecule has 0 radical (unpaired) electrons. The molecule has 0 spiro atoms. The second-order valence-corrected chi connectivity index (χ2v) is 16.5. The normalized spacial score (nSPS) is 12.9. The van der Waals surface area contributed by atoms with E-state index in [0.717, 1.165) is 5.69 Å². The van der Waals surface area contributed by atoms with Gasteiger partial charge in [0.2, 0.25) is 0 Å². The van der Waals surface area contributed by atoms with E-state index in [1.165, 1.54) is 21.2 Å². The molecular weight excluding hydrogens is 460 g/mol. The first-order valence-electron chi connectivity index (χ1n) is 8.91. The maximum absolute atomic E-state index is 6.27. The van der Waals surface area contributed by atoms with E-state index in [9.17, 15) is 0 Å². The predicted molar refractivity (Wildman–Crippen MR) is 130 cm³/mol. The number of rotatable bonds is 4. The summed E-state index contributed by atoms with van der Waals surface area (Å²) in [4.78, 5) is 0. The van der Waals surface area contributed by atoms with Crippen molar-refractivity contribution in [2.24, 2.45) is 0 Å². The van der Waals surface area contributed by atoms with Gasteiger partial charge in [-0.1, -0.05) is 0 Å². The van der Waals surface area contributed by atoms with Crippen LogP contribution >= 0.6 is 26.3 Å². The average molecular weight is 481 g/mol. The summed E-state index contributed by atoms with van der Waals surface area (Å²) < 4.78 is -2.96. The zero-order valence-electron chi connectivity index (χ0n) is 14.9. The third-order valence-electron chi connectivity index (χ3n) is 5.08. The average Bonchev–Trinajstić information content (AvgIpc) is 2.75. The zero-order valence-corrected chi connectivity index (χ0v) is 17.9. The Morgan fingerprint density at radius 2 is 0.852 bits per heavy atom. The predicted octanol–water partition coefficient (Wildman–Crippen LogP) is 4.77. The van der Waals surface area contributed by atoms with Crippen molar-refractivity contribution in [1.29, 1.82) is 0 Å². The molecule has 0 aliphatic heterocycles. The van der Waals surface area contributed by atoms with Gasteiger partial charge in [0.15, 0.2) is 0 Å². The fraction of sp³-hybridized carbons (Fsp3) is 0. The Bertz CT molecular complexity index is 950. The van der Waals surface area contributed by atoms with Gasteiger partial charge in [-0.05, 0) is 0 Å². The Hall–Kier alpha value is -2.16. The molecule has 0 bridgehead atoms.